The van der Waals surface area contributed by atoms with Gasteiger partial charge in [-0.25, -0.2) is 0 Å². The van der Waals surface area contributed by atoms with Crippen molar-refractivity contribution in [1.29, 1.82) is 0 Å². The Hall–Kier alpha value is -1.04. The van der Waals surface area contributed by atoms with E-state index in [1.807, 2.05) is 6.08 Å². The molecule has 0 aromatic heterocycles. The summed E-state index contributed by atoms with van der Waals surface area (Å²) in [7, 11) is -1.49. The first-order chi connectivity index (χ1) is 6.79. The van der Waals surface area contributed by atoms with Crippen molar-refractivity contribution in [2.24, 2.45) is 0 Å². The molecule has 1 heterocycles. The van der Waals surface area contributed by atoms with Crippen molar-refractivity contribution in [2.45, 2.75) is 6.10 Å². The smallest absolute Gasteiger partial charge is 0.488 e. The van der Waals surface area contributed by atoms with Gasteiger partial charge in [0.2, 0.25) is 0 Å². The van der Waals surface area contributed by atoms with E-state index >= 15 is 0 Å². The minimum Gasteiger partial charge on any atom is -0.498 e. The first-order valence-corrected chi connectivity index (χ1v) is 4.47. The molecular formula is C9H11BO4. The SMILES string of the molecule is OB(O)C1=CC=CC2OCCOC=C12. The number of ether oxygens (including phenoxy) is 2. The molecular weight excluding hydrogens is 183 g/mol. The summed E-state index contributed by atoms with van der Waals surface area (Å²) in [4.78, 5) is 0. The molecule has 1 aliphatic heterocycles. The van der Waals surface area contributed by atoms with Gasteiger partial charge in [0.25, 0.3) is 0 Å². The van der Waals surface area contributed by atoms with Crippen LogP contribution in [0.2, 0.25) is 0 Å². The van der Waals surface area contributed by atoms with E-state index in [9.17, 15) is 0 Å². The normalized spacial score (nSPS) is 25.4. The minimum atomic E-state index is -1.49. The Bertz CT molecular complexity index is 306. The van der Waals surface area contributed by atoms with Crippen LogP contribution in [0.25, 0.3) is 0 Å². The Morgan fingerprint density at radius 1 is 1.36 bits per heavy atom. The second kappa shape index (κ2) is 4.00. The van der Waals surface area contributed by atoms with E-state index in [2.05, 4.69) is 0 Å². The highest BCUT2D eigenvalue weighted by Crippen LogP contribution is 2.24. The van der Waals surface area contributed by atoms with Crippen molar-refractivity contribution in [3.05, 3.63) is 35.5 Å². The van der Waals surface area contributed by atoms with Gasteiger partial charge in [0.1, 0.15) is 12.7 Å². The molecule has 0 aromatic carbocycles. The van der Waals surface area contributed by atoms with E-state index in [1.165, 1.54) is 6.26 Å². The molecule has 0 saturated carbocycles. The molecule has 2 aliphatic rings. The van der Waals surface area contributed by atoms with Crippen LogP contribution >= 0.6 is 0 Å². The van der Waals surface area contributed by atoms with Crippen LogP contribution < -0.4 is 0 Å². The molecule has 0 aromatic rings. The quantitative estimate of drug-likeness (QED) is 0.567. The maximum atomic E-state index is 9.11. The first kappa shape index (κ1) is 9.52. The van der Waals surface area contributed by atoms with Gasteiger partial charge < -0.3 is 19.5 Å². The zero-order valence-electron chi connectivity index (χ0n) is 7.59. The Balaban J connectivity index is 2.29. The van der Waals surface area contributed by atoms with Crippen molar-refractivity contribution in [3.63, 3.8) is 0 Å². The zero-order chi connectivity index (χ0) is 9.97. The van der Waals surface area contributed by atoms with Crippen molar-refractivity contribution in [3.8, 4) is 0 Å². The summed E-state index contributed by atoms with van der Waals surface area (Å²) in [5, 5.41) is 18.2. The molecule has 0 fully saturated rings. The maximum Gasteiger partial charge on any atom is 0.488 e. The largest absolute Gasteiger partial charge is 0.498 e. The topological polar surface area (TPSA) is 58.9 Å². The van der Waals surface area contributed by atoms with Crippen molar-refractivity contribution < 1.29 is 19.5 Å². The van der Waals surface area contributed by atoms with Crippen molar-refractivity contribution >= 4 is 7.12 Å². The minimum absolute atomic E-state index is 0.223. The summed E-state index contributed by atoms with van der Waals surface area (Å²) in [6.45, 7) is 0.993. The van der Waals surface area contributed by atoms with E-state index in [4.69, 9.17) is 19.5 Å². The number of fused-ring (bicyclic) bond motifs is 1. The van der Waals surface area contributed by atoms with Gasteiger partial charge >= 0.3 is 7.12 Å². The highest BCUT2D eigenvalue weighted by Gasteiger charge is 2.27. The number of hydrogen-bond acceptors (Lipinski definition) is 4. The lowest BCUT2D eigenvalue weighted by Crippen LogP contribution is -2.25. The van der Waals surface area contributed by atoms with Crippen LogP contribution in [0.3, 0.4) is 0 Å². The fourth-order valence-electron chi connectivity index (χ4n) is 1.51. The van der Waals surface area contributed by atoms with Crippen LogP contribution in [-0.4, -0.2) is 36.5 Å². The summed E-state index contributed by atoms with van der Waals surface area (Å²) in [5.41, 5.74) is 1.11. The van der Waals surface area contributed by atoms with Gasteiger partial charge in [-0.1, -0.05) is 18.2 Å². The van der Waals surface area contributed by atoms with Crippen LogP contribution in [-0.2, 0) is 9.47 Å². The Morgan fingerprint density at radius 3 is 3.00 bits per heavy atom. The molecule has 0 spiro atoms. The number of hydrogen-bond donors (Lipinski definition) is 2. The van der Waals surface area contributed by atoms with Gasteiger partial charge in [-0.15, -0.1) is 0 Å². The molecule has 0 saturated heterocycles. The van der Waals surface area contributed by atoms with E-state index in [1.54, 1.807) is 12.2 Å². The molecule has 74 valence electrons. The second-order valence-corrected chi connectivity index (χ2v) is 3.12. The number of allylic oxidation sites excluding steroid dienone is 2. The van der Waals surface area contributed by atoms with Crippen LogP contribution in [0.1, 0.15) is 0 Å². The second-order valence-electron chi connectivity index (χ2n) is 3.12. The third-order valence-corrected chi connectivity index (χ3v) is 2.19. The van der Waals surface area contributed by atoms with E-state index < -0.39 is 7.12 Å². The first-order valence-electron chi connectivity index (χ1n) is 4.47. The lowest BCUT2D eigenvalue weighted by atomic mass is 9.71. The van der Waals surface area contributed by atoms with E-state index in [0.29, 0.717) is 24.3 Å². The standard InChI is InChI=1S/C9H11BO4/c11-10(12)8-2-1-3-9-7(8)6-13-4-5-14-9/h1-3,6,9,11-12H,4-5H2. The Morgan fingerprint density at radius 2 is 2.21 bits per heavy atom. The van der Waals surface area contributed by atoms with Crippen LogP contribution in [0, 0.1) is 0 Å². The Labute approximate surface area is 82.3 Å². The van der Waals surface area contributed by atoms with Gasteiger partial charge in [-0.2, -0.15) is 0 Å². The third-order valence-electron chi connectivity index (χ3n) is 2.19. The molecule has 4 nitrogen and oxygen atoms in total. The van der Waals surface area contributed by atoms with E-state index in [-0.39, 0.29) is 6.10 Å². The maximum absolute atomic E-state index is 9.11. The molecule has 0 radical (unpaired) electrons. The van der Waals surface area contributed by atoms with Crippen LogP contribution in [0.4, 0.5) is 0 Å². The molecule has 5 heteroatoms. The lowest BCUT2D eigenvalue weighted by Gasteiger charge is -2.19. The van der Waals surface area contributed by atoms with E-state index in [0.717, 1.165) is 0 Å². The van der Waals surface area contributed by atoms with Gasteiger partial charge in [-0.3, -0.25) is 0 Å². The molecule has 2 rings (SSSR count). The molecule has 1 unspecified atom stereocenters. The predicted molar refractivity (Wildman–Crippen MR) is 51.2 cm³/mol. The Kier molecular flexibility index (Phi) is 2.72. The van der Waals surface area contributed by atoms with Gasteiger partial charge in [-0.05, 0) is 5.47 Å². The molecule has 0 amide bonds. The van der Waals surface area contributed by atoms with Gasteiger partial charge in [0.15, 0.2) is 0 Å². The average Bonchev–Trinajstić information content (AvgIpc) is 2.41. The summed E-state index contributed by atoms with van der Waals surface area (Å²) in [6.07, 6.45) is 6.56. The molecule has 0 bridgehead atoms. The molecule has 1 aliphatic carbocycles. The monoisotopic (exact) mass is 194 g/mol. The molecule has 1 atom stereocenters. The highest BCUT2D eigenvalue weighted by molar-refractivity contribution is 6.52. The summed E-state index contributed by atoms with van der Waals surface area (Å²) >= 11 is 0. The summed E-state index contributed by atoms with van der Waals surface area (Å²) in [6, 6.07) is 0. The van der Waals surface area contributed by atoms with Crippen molar-refractivity contribution in [1.82, 2.24) is 0 Å². The average molecular weight is 194 g/mol. The zero-order valence-corrected chi connectivity index (χ0v) is 7.59. The summed E-state index contributed by atoms with van der Waals surface area (Å²) in [5.74, 6) is 0. The summed E-state index contributed by atoms with van der Waals surface area (Å²) < 4.78 is 10.6. The van der Waals surface area contributed by atoms with Crippen molar-refractivity contribution in [2.75, 3.05) is 13.2 Å². The fourth-order valence-corrected chi connectivity index (χ4v) is 1.51. The van der Waals surface area contributed by atoms with Crippen LogP contribution in [0.5, 0.6) is 0 Å². The lowest BCUT2D eigenvalue weighted by molar-refractivity contribution is 0.0850. The van der Waals surface area contributed by atoms with Crippen LogP contribution in [0.15, 0.2) is 35.5 Å². The van der Waals surface area contributed by atoms with Gasteiger partial charge in [0.05, 0.1) is 12.9 Å². The highest BCUT2D eigenvalue weighted by atomic mass is 16.5. The molecule has 14 heavy (non-hydrogen) atoms. The fraction of sp³-hybridized carbons (Fsp3) is 0.333. The molecule has 2 N–H and O–H groups in total. The predicted octanol–water partition coefficient (Wildman–Crippen LogP) is -0.206. The van der Waals surface area contributed by atoms with Gasteiger partial charge in [0, 0.05) is 5.57 Å². The number of rotatable bonds is 1. The third kappa shape index (κ3) is 1.75.